The normalized spacial score (nSPS) is 12.0. The molecule has 4 heteroatoms. The molecule has 21 heavy (non-hydrogen) atoms. The van der Waals surface area contributed by atoms with Gasteiger partial charge in [0.25, 0.3) is 0 Å². The van der Waals surface area contributed by atoms with Crippen LogP contribution >= 0.6 is 11.3 Å². The molecule has 0 fully saturated rings. The summed E-state index contributed by atoms with van der Waals surface area (Å²) in [6.45, 7) is 0. The van der Waals surface area contributed by atoms with E-state index in [0.29, 0.717) is 0 Å². The zero-order chi connectivity index (χ0) is 14.5. The van der Waals surface area contributed by atoms with Gasteiger partial charge in [-0.3, -0.25) is 4.98 Å². The highest BCUT2D eigenvalue weighted by atomic mass is 32.1. The van der Waals surface area contributed by atoms with E-state index in [1.165, 1.54) is 4.88 Å². The van der Waals surface area contributed by atoms with Crippen LogP contribution in [0, 0.1) is 4.91 Å². The Hall–Kier alpha value is -2.33. The first-order valence-electron chi connectivity index (χ1n) is 6.71. The fourth-order valence-corrected chi connectivity index (χ4v) is 3.13. The molecular weight excluding hydrogens is 280 g/mol. The van der Waals surface area contributed by atoms with Crippen LogP contribution < -0.4 is 0 Å². The lowest BCUT2D eigenvalue weighted by atomic mass is 9.94. The molecule has 1 unspecified atom stereocenters. The first-order chi connectivity index (χ1) is 10.4. The first kappa shape index (κ1) is 13.6. The Morgan fingerprint density at radius 2 is 1.86 bits per heavy atom. The molecule has 0 radical (unpaired) electrons. The van der Waals surface area contributed by atoms with Crippen LogP contribution in [-0.4, -0.2) is 4.98 Å². The third kappa shape index (κ3) is 3.06. The van der Waals surface area contributed by atoms with Crippen molar-refractivity contribution in [2.24, 2.45) is 5.18 Å². The molecule has 0 aliphatic rings. The Balaban J connectivity index is 1.99. The number of hydrogen-bond acceptors (Lipinski definition) is 4. The maximum Gasteiger partial charge on any atom is 0.142 e. The van der Waals surface area contributed by atoms with Gasteiger partial charge < -0.3 is 0 Å². The average Bonchev–Trinajstić information content (AvgIpc) is 3.04. The minimum Gasteiger partial charge on any atom is -0.265 e. The van der Waals surface area contributed by atoms with Crippen molar-refractivity contribution in [3.63, 3.8) is 0 Å². The van der Waals surface area contributed by atoms with Crippen LogP contribution in [0.15, 0.2) is 71.5 Å². The first-order valence-corrected chi connectivity index (χ1v) is 7.59. The van der Waals surface area contributed by atoms with Crippen LogP contribution in [-0.2, 0) is 6.42 Å². The number of rotatable bonds is 5. The molecule has 0 aliphatic heterocycles. The molecule has 104 valence electrons. The van der Waals surface area contributed by atoms with Crippen molar-refractivity contribution < 1.29 is 0 Å². The van der Waals surface area contributed by atoms with Gasteiger partial charge in [0.1, 0.15) is 6.04 Å². The minimum absolute atomic E-state index is 0.482. The van der Waals surface area contributed by atoms with E-state index in [1.807, 2.05) is 36.4 Å². The summed E-state index contributed by atoms with van der Waals surface area (Å²) < 4.78 is 0. The maximum atomic E-state index is 11.4. The Morgan fingerprint density at radius 1 is 1.05 bits per heavy atom. The molecule has 0 spiro atoms. The molecule has 0 aliphatic carbocycles. The van der Waals surface area contributed by atoms with Crippen molar-refractivity contribution in [1.29, 1.82) is 0 Å². The number of benzene rings is 1. The van der Waals surface area contributed by atoms with Gasteiger partial charge in [0.05, 0.1) is 0 Å². The summed E-state index contributed by atoms with van der Waals surface area (Å²) in [6, 6.07) is 15.3. The molecular formula is C17H14N2OS. The summed E-state index contributed by atoms with van der Waals surface area (Å²) in [6.07, 6.45) is 4.20. The summed E-state index contributed by atoms with van der Waals surface area (Å²) in [5.74, 6) is 0. The fraction of sp³-hybridized carbons (Fsp3) is 0.118. The van der Waals surface area contributed by atoms with Gasteiger partial charge in [-0.25, -0.2) is 0 Å². The highest BCUT2D eigenvalue weighted by Gasteiger charge is 2.18. The Bertz CT molecular complexity index is 711. The lowest BCUT2D eigenvalue weighted by Gasteiger charge is -2.14. The van der Waals surface area contributed by atoms with Gasteiger partial charge in [0.2, 0.25) is 0 Å². The molecule has 2 heterocycles. The second-order valence-electron chi connectivity index (χ2n) is 4.74. The molecule has 0 saturated carbocycles. The summed E-state index contributed by atoms with van der Waals surface area (Å²) >= 11 is 1.72. The highest BCUT2D eigenvalue weighted by Crippen LogP contribution is 2.30. The van der Waals surface area contributed by atoms with Crippen molar-refractivity contribution in [1.82, 2.24) is 4.98 Å². The molecule has 1 atom stereocenters. The van der Waals surface area contributed by atoms with E-state index in [0.717, 1.165) is 23.1 Å². The van der Waals surface area contributed by atoms with E-state index in [4.69, 9.17) is 0 Å². The summed E-state index contributed by atoms with van der Waals surface area (Å²) in [7, 11) is 0. The minimum atomic E-state index is -0.482. The number of pyridine rings is 1. The molecule has 3 nitrogen and oxygen atoms in total. The van der Waals surface area contributed by atoms with E-state index in [-0.39, 0.29) is 0 Å². The molecule has 0 bridgehead atoms. The predicted molar refractivity (Wildman–Crippen MR) is 85.4 cm³/mol. The number of aromatic nitrogens is 1. The van der Waals surface area contributed by atoms with E-state index in [2.05, 4.69) is 27.7 Å². The fourth-order valence-electron chi connectivity index (χ4n) is 2.41. The molecule has 3 rings (SSSR count). The zero-order valence-corrected chi connectivity index (χ0v) is 12.2. The molecule has 0 amide bonds. The Labute approximate surface area is 127 Å². The van der Waals surface area contributed by atoms with Crippen LogP contribution in [0.3, 0.4) is 0 Å². The van der Waals surface area contributed by atoms with Crippen LogP contribution in [0.1, 0.15) is 27.6 Å². The van der Waals surface area contributed by atoms with Gasteiger partial charge in [0.15, 0.2) is 0 Å². The van der Waals surface area contributed by atoms with Gasteiger partial charge >= 0.3 is 0 Å². The second kappa shape index (κ2) is 6.41. The molecule has 0 N–H and O–H groups in total. The number of nitrogens with zero attached hydrogens (tertiary/aromatic N) is 2. The maximum absolute atomic E-state index is 11.4. The largest absolute Gasteiger partial charge is 0.265 e. The third-order valence-electron chi connectivity index (χ3n) is 3.42. The van der Waals surface area contributed by atoms with E-state index in [9.17, 15) is 4.91 Å². The van der Waals surface area contributed by atoms with Crippen LogP contribution in [0.2, 0.25) is 0 Å². The second-order valence-corrected chi connectivity index (χ2v) is 5.78. The van der Waals surface area contributed by atoms with Crippen molar-refractivity contribution in [3.8, 4) is 0 Å². The number of hydrogen-bond donors (Lipinski definition) is 0. The van der Waals surface area contributed by atoms with Gasteiger partial charge in [-0.1, -0.05) is 35.5 Å². The summed E-state index contributed by atoms with van der Waals surface area (Å²) in [5.41, 5.74) is 2.98. The monoisotopic (exact) mass is 294 g/mol. The summed E-state index contributed by atoms with van der Waals surface area (Å²) in [4.78, 5) is 16.7. The van der Waals surface area contributed by atoms with Gasteiger partial charge in [-0.15, -0.1) is 16.2 Å². The van der Waals surface area contributed by atoms with Crippen molar-refractivity contribution in [2.45, 2.75) is 12.5 Å². The van der Waals surface area contributed by atoms with Crippen molar-refractivity contribution in [3.05, 3.63) is 92.8 Å². The van der Waals surface area contributed by atoms with Crippen LogP contribution in [0.5, 0.6) is 0 Å². The number of nitroso groups, excluding NO2 is 1. The molecule has 1 aromatic carbocycles. The SMILES string of the molecule is O=NC(c1ccncc1)c1ccccc1Cc1cccs1. The molecule has 0 saturated heterocycles. The molecule has 3 aromatic rings. The zero-order valence-electron chi connectivity index (χ0n) is 11.3. The van der Waals surface area contributed by atoms with Gasteiger partial charge in [-0.05, 0) is 40.3 Å². The standard InChI is InChI=1S/C17H14N2OS/c20-19-17(13-7-9-18-10-8-13)16-6-2-1-4-14(16)12-15-5-3-11-21-15/h1-11,17H,12H2. The number of thiophene rings is 1. The van der Waals surface area contributed by atoms with E-state index in [1.54, 1.807) is 23.7 Å². The lowest BCUT2D eigenvalue weighted by molar-refractivity contribution is 0.845. The topological polar surface area (TPSA) is 42.3 Å². The van der Waals surface area contributed by atoms with Crippen LogP contribution in [0.4, 0.5) is 0 Å². The quantitative estimate of drug-likeness (QED) is 0.646. The van der Waals surface area contributed by atoms with Crippen LogP contribution in [0.25, 0.3) is 0 Å². The van der Waals surface area contributed by atoms with Crippen molar-refractivity contribution in [2.75, 3.05) is 0 Å². The van der Waals surface area contributed by atoms with E-state index < -0.39 is 6.04 Å². The Kier molecular flexibility index (Phi) is 4.17. The van der Waals surface area contributed by atoms with Crippen molar-refractivity contribution >= 4 is 11.3 Å². The van der Waals surface area contributed by atoms with Gasteiger partial charge in [-0.2, -0.15) is 0 Å². The molecule has 2 aromatic heterocycles. The van der Waals surface area contributed by atoms with E-state index >= 15 is 0 Å². The lowest BCUT2D eigenvalue weighted by Crippen LogP contribution is -2.02. The Morgan fingerprint density at radius 3 is 2.57 bits per heavy atom. The predicted octanol–water partition coefficient (Wildman–Crippen LogP) is 4.59. The third-order valence-corrected chi connectivity index (χ3v) is 4.30. The summed E-state index contributed by atoms with van der Waals surface area (Å²) in [5, 5.41) is 5.41. The average molecular weight is 294 g/mol. The van der Waals surface area contributed by atoms with Gasteiger partial charge in [0, 0.05) is 23.7 Å². The smallest absolute Gasteiger partial charge is 0.142 e. The highest BCUT2D eigenvalue weighted by molar-refractivity contribution is 7.09.